The number of nitrogens with one attached hydrogen (secondary N) is 2. The minimum Gasteiger partial charge on any atom is -0.364 e. The van der Waals surface area contributed by atoms with E-state index >= 15 is 0 Å². The molecule has 8 nitrogen and oxygen atoms in total. The van der Waals surface area contributed by atoms with Crippen molar-refractivity contribution in [3.8, 4) is 0 Å². The zero-order valence-electron chi connectivity index (χ0n) is 13.6. The molecule has 2 heterocycles. The van der Waals surface area contributed by atoms with Crippen LogP contribution in [-0.4, -0.2) is 24.5 Å². The Morgan fingerprint density at radius 1 is 1.04 bits per heavy atom. The van der Waals surface area contributed by atoms with Crippen molar-refractivity contribution in [2.75, 3.05) is 0 Å². The van der Waals surface area contributed by atoms with Gasteiger partial charge in [-0.05, 0) is 30.3 Å². The summed E-state index contributed by atoms with van der Waals surface area (Å²) in [5.41, 5.74) is 1.39. The topological polar surface area (TPSA) is 114 Å². The van der Waals surface area contributed by atoms with Gasteiger partial charge in [-0.1, -0.05) is 17.3 Å². The first-order valence-corrected chi connectivity index (χ1v) is 9.20. The molecule has 1 amide bonds. The van der Waals surface area contributed by atoms with E-state index < -0.39 is 15.9 Å². The monoisotopic (exact) mass is 372 g/mol. The van der Waals surface area contributed by atoms with Crippen molar-refractivity contribution >= 4 is 15.9 Å². The van der Waals surface area contributed by atoms with E-state index in [9.17, 15) is 13.2 Å². The Balaban J connectivity index is 1.68. The van der Waals surface area contributed by atoms with Gasteiger partial charge in [-0.3, -0.25) is 9.78 Å². The van der Waals surface area contributed by atoms with Gasteiger partial charge in [0.1, 0.15) is 12.0 Å². The first-order chi connectivity index (χ1) is 12.5. The number of carbonyl (C=O) groups excluding carboxylic acids is 1. The van der Waals surface area contributed by atoms with Crippen molar-refractivity contribution in [3.05, 3.63) is 77.9 Å². The number of amides is 1. The maximum absolute atomic E-state index is 12.4. The third-order valence-electron chi connectivity index (χ3n) is 3.50. The fraction of sp³-hybridized carbons (Fsp3) is 0.118. The van der Waals surface area contributed by atoms with Crippen molar-refractivity contribution in [1.82, 2.24) is 20.2 Å². The second-order valence-electron chi connectivity index (χ2n) is 5.35. The predicted octanol–water partition coefficient (Wildman–Crippen LogP) is 1.48. The van der Waals surface area contributed by atoms with Gasteiger partial charge in [-0.2, -0.15) is 0 Å². The highest BCUT2D eigenvalue weighted by molar-refractivity contribution is 7.89. The van der Waals surface area contributed by atoms with Gasteiger partial charge in [-0.25, -0.2) is 13.1 Å². The molecule has 0 spiro atoms. The molecule has 0 aliphatic carbocycles. The summed E-state index contributed by atoms with van der Waals surface area (Å²) >= 11 is 0. The van der Waals surface area contributed by atoms with E-state index in [-0.39, 0.29) is 23.5 Å². The maximum atomic E-state index is 12.4. The van der Waals surface area contributed by atoms with Crippen molar-refractivity contribution in [1.29, 1.82) is 0 Å². The van der Waals surface area contributed by atoms with Crippen LogP contribution >= 0.6 is 0 Å². The van der Waals surface area contributed by atoms with Crippen LogP contribution < -0.4 is 10.0 Å². The second kappa shape index (κ2) is 7.89. The number of aromatic nitrogens is 2. The minimum absolute atomic E-state index is 0.00233. The van der Waals surface area contributed by atoms with Crippen LogP contribution in [0.2, 0.25) is 0 Å². The Hall–Kier alpha value is -3.04. The standard InChI is InChI=1S/C17H16N4O4S/c22-17(19-11-15-7-9-25-21-15)13-4-3-6-16(10-13)26(23,24)20-12-14-5-1-2-8-18-14/h1-10,20H,11-12H2,(H,19,22). The van der Waals surface area contributed by atoms with Crippen LogP contribution in [0.5, 0.6) is 0 Å². The minimum atomic E-state index is -3.77. The fourth-order valence-corrected chi connectivity index (χ4v) is 3.21. The van der Waals surface area contributed by atoms with Gasteiger partial charge in [-0.15, -0.1) is 0 Å². The Kier molecular flexibility index (Phi) is 5.40. The summed E-state index contributed by atoms with van der Waals surface area (Å²) in [6.07, 6.45) is 2.99. The lowest BCUT2D eigenvalue weighted by atomic mass is 10.2. The van der Waals surface area contributed by atoms with Crippen molar-refractivity contribution < 1.29 is 17.7 Å². The molecule has 26 heavy (non-hydrogen) atoms. The number of pyridine rings is 1. The van der Waals surface area contributed by atoms with E-state index in [4.69, 9.17) is 0 Å². The molecule has 0 unspecified atom stereocenters. The van der Waals surface area contributed by atoms with E-state index in [1.54, 1.807) is 30.5 Å². The maximum Gasteiger partial charge on any atom is 0.251 e. The summed E-state index contributed by atoms with van der Waals surface area (Å²) in [4.78, 5) is 16.3. The zero-order valence-corrected chi connectivity index (χ0v) is 14.4. The molecular weight excluding hydrogens is 356 g/mol. The van der Waals surface area contributed by atoms with E-state index in [2.05, 4.69) is 24.7 Å². The van der Waals surface area contributed by atoms with Gasteiger partial charge in [0.15, 0.2) is 0 Å². The smallest absolute Gasteiger partial charge is 0.251 e. The number of sulfonamides is 1. The van der Waals surface area contributed by atoms with Crippen molar-refractivity contribution in [3.63, 3.8) is 0 Å². The molecule has 3 aromatic rings. The highest BCUT2D eigenvalue weighted by atomic mass is 32.2. The molecule has 134 valence electrons. The summed E-state index contributed by atoms with van der Waals surface area (Å²) in [7, 11) is -3.77. The summed E-state index contributed by atoms with van der Waals surface area (Å²) in [5.74, 6) is -0.408. The zero-order chi connectivity index (χ0) is 18.4. The number of carbonyl (C=O) groups is 1. The first-order valence-electron chi connectivity index (χ1n) is 7.72. The average Bonchev–Trinajstić information content (AvgIpc) is 3.19. The number of hydrogen-bond donors (Lipinski definition) is 2. The molecule has 0 radical (unpaired) electrons. The highest BCUT2D eigenvalue weighted by Gasteiger charge is 2.16. The quantitative estimate of drug-likeness (QED) is 0.649. The molecule has 0 atom stereocenters. The lowest BCUT2D eigenvalue weighted by Gasteiger charge is -2.08. The Bertz CT molecular complexity index is 973. The van der Waals surface area contributed by atoms with Crippen LogP contribution in [0.1, 0.15) is 21.7 Å². The first kappa shape index (κ1) is 17.8. The number of benzene rings is 1. The summed E-state index contributed by atoms with van der Waals surface area (Å²) in [5, 5.41) is 6.34. The summed E-state index contributed by atoms with van der Waals surface area (Å²) in [6.45, 7) is 0.246. The Morgan fingerprint density at radius 3 is 2.65 bits per heavy atom. The van der Waals surface area contributed by atoms with Gasteiger partial charge in [0, 0.05) is 17.8 Å². The number of hydrogen-bond acceptors (Lipinski definition) is 6. The van der Waals surface area contributed by atoms with E-state index in [0.29, 0.717) is 11.4 Å². The Labute approximate surface area is 150 Å². The van der Waals surface area contributed by atoms with Gasteiger partial charge < -0.3 is 9.84 Å². The van der Waals surface area contributed by atoms with Gasteiger partial charge in [0.05, 0.1) is 23.7 Å². The largest absolute Gasteiger partial charge is 0.364 e. The highest BCUT2D eigenvalue weighted by Crippen LogP contribution is 2.12. The molecule has 0 aliphatic heterocycles. The van der Waals surface area contributed by atoms with Crippen molar-refractivity contribution in [2.45, 2.75) is 18.0 Å². The summed E-state index contributed by atoms with van der Waals surface area (Å²) in [6, 6.07) is 12.7. The third kappa shape index (κ3) is 4.52. The number of nitrogens with zero attached hydrogens (tertiary/aromatic N) is 2. The fourth-order valence-electron chi connectivity index (χ4n) is 2.16. The van der Waals surface area contributed by atoms with E-state index in [0.717, 1.165) is 0 Å². The van der Waals surface area contributed by atoms with E-state index in [1.807, 2.05) is 0 Å². The average molecular weight is 372 g/mol. The van der Waals surface area contributed by atoms with Gasteiger partial charge in [0.25, 0.3) is 5.91 Å². The predicted molar refractivity (Wildman–Crippen MR) is 92.4 cm³/mol. The second-order valence-corrected chi connectivity index (χ2v) is 7.11. The molecule has 0 saturated heterocycles. The van der Waals surface area contributed by atoms with Crippen LogP contribution in [-0.2, 0) is 23.1 Å². The lowest BCUT2D eigenvalue weighted by Crippen LogP contribution is -2.25. The molecule has 1 aromatic carbocycles. The van der Waals surface area contributed by atoms with Crippen LogP contribution in [0, 0.1) is 0 Å². The summed E-state index contributed by atoms with van der Waals surface area (Å²) < 4.78 is 32.0. The molecule has 2 aromatic heterocycles. The molecule has 0 saturated carbocycles. The van der Waals surface area contributed by atoms with Crippen LogP contribution in [0.15, 0.2) is 70.4 Å². The molecule has 0 fully saturated rings. The SMILES string of the molecule is O=C(NCc1ccon1)c1cccc(S(=O)(=O)NCc2ccccn2)c1. The molecule has 3 rings (SSSR count). The molecule has 9 heteroatoms. The van der Waals surface area contributed by atoms with Gasteiger partial charge in [0.2, 0.25) is 10.0 Å². The normalized spacial score (nSPS) is 11.2. The molecular formula is C17H16N4O4S. The molecule has 0 bridgehead atoms. The van der Waals surface area contributed by atoms with Crippen LogP contribution in [0.25, 0.3) is 0 Å². The van der Waals surface area contributed by atoms with Crippen LogP contribution in [0.3, 0.4) is 0 Å². The molecule has 0 aliphatic rings. The lowest BCUT2D eigenvalue weighted by molar-refractivity contribution is 0.0950. The van der Waals surface area contributed by atoms with Crippen LogP contribution in [0.4, 0.5) is 0 Å². The number of rotatable bonds is 7. The Morgan fingerprint density at radius 2 is 1.92 bits per heavy atom. The van der Waals surface area contributed by atoms with E-state index in [1.165, 1.54) is 30.5 Å². The van der Waals surface area contributed by atoms with Crippen molar-refractivity contribution in [2.24, 2.45) is 0 Å². The third-order valence-corrected chi connectivity index (χ3v) is 4.90. The molecule has 2 N–H and O–H groups in total. The van der Waals surface area contributed by atoms with Gasteiger partial charge >= 0.3 is 0 Å².